The van der Waals surface area contributed by atoms with Gasteiger partial charge in [0.1, 0.15) is 4.32 Å². The van der Waals surface area contributed by atoms with Gasteiger partial charge in [0.05, 0.1) is 12.0 Å². The van der Waals surface area contributed by atoms with Gasteiger partial charge < -0.3 is 14.2 Å². The minimum absolute atomic E-state index is 0.163. The summed E-state index contributed by atoms with van der Waals surface area (Å²) in [7, 11) is 1.34. The van der Waals surface area contributed by atoms with Crippen molar-refractivity contribution >= 4 is 62.2 Å². The van der Waals surface area contributed by atoms with Crippen LogP contribution in [-0.4, -0.2) is 41.5 Å². The first-order chi connectivity index (χ1) is 12.0. The number of thiocarbonyl (C=S) groups is 1. The average molecular weight is 444 g/mol. The highest BCUT2D eigenvalue weighted by molar-refractivity contribution is 9.10. The Morgan fingerprint density at radius 3 is 2.88 bits per heavy atom. The zero-order valence-corrected chi connectivity index (χ0v) is 16.5. The topological polar surface area (TPSA) is 65.1 Å². The maximum absolute atomic E-state index is 12.6. The van der Waals surface area contributed by atoms with E-state index in [0.29, 0.717) is 33.7 Å². The Labute approximate surface area is 162 Å². The smallest absolute Gasteiger partial charge is 0.305 e. The van der Waals surface area contributed by atoms with Crippen LogP contribution in [0, 0.1) is 0 Å². The van der Waals surface area contributed by atoms with Crippen LogP contribution in [0.15, 0.2) is 21.5 Å². The summed E-state index contributed by atoms with van der Waals surface area (Å²) in [6, 6.07) is 3.63. The molecule has 0 radical (unpaired) electrons. The number of fused-ring (bicyclic) bond motifs is 1. The van der Waals surface area contributed by atoms with E-state index in [1.54, 1.807) is 6.08 Å². The summed E-state index contributed by atoms with van der Waals surface area (Å²) in [5, 5.41) is 0. The molecular weight excluding hydrogens is 430 g/mol. The van der Waals surface area contributed by atoms with Gasteiger partial charge in [0, 0.05) is 17.4 Å². The summed E-state index contributed by atoms with van der Waals surface area (Å²) in [5.74, 6) is 0.845. The Morgan fingerprint density at radius 1 is 1.44 bits per heavy atom. The first-order valence-electron chi connectivity index (χ1n) is 7.41. The molecule has 2 aliphatic rings. The zero-order valence-electron chi connectivity index (χ0n) is 13.2. The van der Waals surface area contributed by atoms with Crippen molar-refractivity contribution in [1.82, 2.24) is 4.90 Å². The summed E-state index contributed by atoms with van der Waals surface area (Å²) in [6.45, 7) is 0.576. The molecule has 1 aromatic carbocycles. The van der Waals surface area contributed by atoms with Gasteiger partial charge in [-0.1, -0.05) is 39.9 Å². The minimum atomic E-state index is -0.301. The van der Waals surface area contributed by atoms with E-state index in [4.69, 9.17) is 21.7 Å². The molecule has 1 fully saturated rings. The number of carbonyl (C=O) groups excluding carboxylic acids is 2. The molecule has 2 heterocycles. The molecule has 3 rings (SSSR count). The summed E-state index contributed by atoms with van der Waals surface area (Å²) in [5.41, 5.74) is 0.805. The van der Waals surface area contributed by atoms with Crippen LogP contribution in [0.2, 0.25) is 0 Å². The number of thioether (sulfide) groups is 1. The third kappa shape index (κ3) is 3.99. The zero-order chi connectivity index (χ0) is 18.0. The normalized spacial score (nSPS) is 17.5. The van der Waals surface area contributed by atoms with E-state index in [0.717, 1.165) is 10.0 Å². The molecule has 1 amide bonds. The van der Waals surface area contributed by atoms with Gasteiger partial charge in [-0.3, -0.25) is 14.5 Å². The number of hydrogen-bond acceptors (Lipinski definition) is 7. The van der Waals surface area contributed by atoms with Crippen LogP contribution in [0.5, 0.6) is 11.5 Å². The van der Waals surface area contributed by atoms with Gasteiger partial charge in [0.15, 0.2) is 11.5 Å². The van der Waals surface area contributed by atoms with Crippen LogP contribution < -0.4 is 9.47 Å². The molecule has 0 aromatic heterocycles. The predicted molar refractivity (Wildman–Crippen MR) is 101 cm³/mol. The molecule has 0 saturated carbocycles. The van der Waals surface area contributed by atoms with Gasteiger partial charge >= 0.3 is 5.97 Å². The third-order valence-electron chi connectivity index (χ3n) is 3.64. The van der Waals surface area contributed by atoms with Gasteiger partial charge in [-0.25, -0.2) is 0 Å². The first-order valence-corrected chi connectivity index (χ1v) is 9.42. The van der Waals surface area contributed by atoms with Crippen molar-refractivity contribution in [3.8, 4) is 11.5 Å². The minimum Gasteiger partial charge on any atom is -0.469 e. The average Bonchev–Trinajstić information content (AvgIpc) is 3.13. The van der Waals surface area contributed by atoms with Gasteiger partial charge in [-0.2, -0.15) is 0 Å². The monoisotopic (exact) mass is 443 g/mol. The number of ether oxygens (including phenoxy) is 3. The van der Waals surface area contributed by atoms with Crippen LogP contribution in [0.25, 0.3) is 6.08 Å². The van der Waals surface area contributed by atoms with E-state index in [1.165, 1.54) is 23.8 Å². The fraction of sp³-hybridized carbons (Fsp3) is 0.312. The van der Waals surface area contributed by atoms with Crippen molar-refractivity contribution in [1.29, 1.82) is 0 Å². The van der Waals surface area contributed by atoms with E-state index in [1.807, 2.05) is 12.1 Å². The Kier molecular flexibility index (Phi) is 5.65. The van der Waals surface area contributed by atoms with Gasteiger partial charge in [-0.05, 0) is 30.2 Å². The Bertz CT molecular complexity index is 780. The molecule has 9 heteroatoms. The van der Waals surface area contributed by atoms with Crippen LogP contribution in [0.4, 0.5) is 0 Å². The molecule has 2 aliphatic heterocycles. The molecule has 6 nitrogen and oxygen atoms in total. The van der Waals surface area contributed by atoms with Gasteiger partial charge in [0.2, 0.25) is 6.79 Å². The Balaban J connectivity index is 1.73. The summed E-state index contributed by atoms with van der Waals surface area (Å²) in [4.78, 5) is 25.8. The van der Waals surface area contributed by atoms with Crippen LogP contribution >= 0.6 is 39.9 Å². The first kappa shape index (κ1) is 18.2. The Hall–Kier alpha value is -1.58. The number of halogens is 1. The molecule has 0 N–H and O–H groups in total. The molecule has 0 spiro atoms. The fourth-order valence-corrected chi connectivity index (χ4v) is 4.10. The lowest BCUT2D eigenvalue weighted by atomic mass is 10.2. The fourth-order valence-electron chi connectivity index (χ4n) is 2.36. The van der Waals surface area contributed by atoms with Crippen molar-refractivity contribution in [3.05, 3.63) is 27.1 Å². The standard InChI is InChI=1S/C16H14BrNO5S2/c1-21-14(19)3-2-4-18-15(20)13(25-16(18)24)6-9-5-11-12(7-10(9)17)23-8-22-11/h5-7H,2-4,8H2,1H3/b13-6+. The largest absolute Gasteiger partial charge is 0.469 e. The maximum atomic E-state index is 12.6. The molecule has 25 heavy (non-hydrogen) atoms. The maximum Gasteiger partial charge on any atom is 0.305 e. The van der Waals surface area contributed by atoms with E-state index < -0.39 is 0 Å². The number of rotatable bonds is 5. The van der Waals surface area contributed by atoms with Crippen molar-refractivity contribution in [2.24, 2.45) is 0 Å². The quantitative estimate of drug-likeness (QED) is 0.392. The second kappa shape index (κ2) is 7.76. The van der Waals surface area contributed by atoms with E-state index in [9.17, 15) is 9.59 Å². The van der Waals surface area contributed by atoms with Gasteiger partial charge in [0.25, 0.3) is 5.91 Å². The Morgan fingerprint density at radius 2 is 2.16 bits per heavy atom. The highest BCUT2D eigenvalue weighted by atomic mass is 79.9. The molecule has 0 bridgehead atoms. The van der Waals surface area contributed by atoms with E-state index >= 15 is 0 Å². The number of nitrogens with zero attached hydrogens (tertiary/aromatic N) is 1. The predicted octanol–water partition coefficient (Wildman–Crippen LogP) is 3.33. The van der Waals surface area contributed by atoms with Crippen molar-refractivity contribution in [3.63, 3.8) is 0 Å². The highest BCUT2D eigenvalue weighted by Gasteiger charge is 2.32. The third-order valence-corrected chi connectivity index (χ3v) is 5.71. The summed E-state index contributed by atoms with van der Waals surface area (Å²) in [6.07, 6.45) is 2.52. The molecule has 0 atom stereocenters. The molecular formula is C16H14BrNO5S2. The number of amides is 1. The number of methoxy groups -OCH3 is 1. The van der Waals surface area contributed by atoms with Crippen LogP contribution in [0.1, 0.15) is 18.4 Å². The second-order valence-electron chi connectivity index (χ2n) is 5.24. The molecule has 1 saturated heterocycles. The van der Waals surface area contributed by atoms with Crippen LogP contribution in [-0.2, 0) is 14.3 Å². The molecule has 1 aromatic rings. The summed E-state index contributed by atoms with van der Waals surface area (Å²) < 4.78 is 16.6. The molecule has 132 valence electrons. The summed E-state index contributed by atoms with van der Waals surface area (Å²) >= 11 is 10.0. The van der Waals surface area contributed by atoms with Crippen molar-refractivity contribution < 1.29 is 23.8 Å². The number of carbonyl (C=O) groups is 2. The lowest BCUT2D eigenvalue weighted by Gasteiger charge is -2.13. The lowest BCUT2D eigenvalue weighted by Crippen LogP contribution is -2.29. The van der Waals surface area contributed by atoms with Crippen LogP contribution in [0.3, 0.4) is 0 Å². The van der Waals surface area contributed by atoms with Crippen molar-refractivity contribution in [2.75, 3.05) is 20.4 Å². The van der Waals surface area contributed by atoms with E-state index in [-0.39, 0.29) is 25.1 Å². The highest BCUT2D eigenvalue weighted by Crippen LogP contribution is 2.40. The van der Waals surface area contributed by atoms with E-state index in [2.05, 4.69) is 20.7 Å². The lowest BCUT2D eigenvalue weighted by molar-refractivity contribution is -0.141. The number of esters is 1. The molecule has 0 unspecified atom stereocenters. The number of hydrogen-bond donors (Lipinski definition) is 0. The molecule has 0 aliphatic carbocycles. The number of benzene rings is 1. The second-order valence-corrected chi connectivity index (χ2v) is 7.77. The van der Waals surface area contributed by atoms with Gasteiger partial charge in [-0.15, -0.1) is 0 Å². The SMILES string of the molecule is COC(=O)CCCN1C(=O)/C(=C\c2cc3c(cc2Br)OCO3)SC1=S. The van der Waals surface area contributed by atoms with Crippen molar-refractivity contribution in [2.45, 2.75) is 12.8 Å².